The van der Waals surface area contributed by atoms with Crippen LogP contribution in [-0.2, 0) is 22.0 Å². The second kappa shape index (κ2) is 10.5. The molecular formula is C26H20F5N7O4S. The normalized spacial score (nSPS) is 12.4. The average Bonchev–Trinajstić information content (AvgIpc) is 3.42. The van der Waals surface area contributed by atoms with Gasteiger partial charge in [0.15, 0.2) is 11.5 Å². The van der Waals surface area contributed by atoms with Crippen molar-refractivity contribution in [2.75, 3.05) is 0 Å². The molecule has 1 aromatic carbocycles. The first kappa shape index (κ1) is 29.7. The second-order valence-corrected chi connectivity index (χ2v) is 11.5. The first-order chi connectivity index (χ1) is 20.1. The molecule has 0 saturated heterocycles. The Hall–Kier alpha value is -4.80. The van der Waals surface area contributed by atoms with Crippen molar-refractivity contribution in [2.45, 2.75) is 38.6 Å². The summed E-state index contributed by atoms with van der Waals surface area (Å²) in [6.45, 7) is 5.22. The van der Waals surface area contributed by atoms with Gasteiger partial charge in [-0.05, 0) is 42.7 Å². The van der Waals surface area contributed by atoms with Crippen LogP contribution >= 0.6 is 0 Å². The van der Waals surface area contributed by atoms with Crippen LogP contribution in [0.15, 0.2) is 47.7 Å². The lowest BCUT2D eigenvalue weighted by Crippen LogP contribution is -2.28. The summed E-state index contributed by atoms with van der Waals surface area (Å²) in [6.07, 6.45) is -3.21. The summed E-state index contributed by atoms with van der Waals surface area (Å²) in [6, 6.07) is 5.55. The number of phenols is 1. The number of halogens is 5. The van der Waals surface area contributed by atoms with E-state index in [1.165, 1.54) is 12.3 Å². The molecule has 0 aliphatic rings. The first-order valence-electron chi connectivity index (χ1n) is 12.4. The van der Waals surface area contributed by atoms with Crippen LogP contribution in [0.1, 0.15) is 42.5 Å². The van der Waals surface area contributed by atoms with E-state index in [1.807, 2.05) is 0 Å². The van der Waals surface area contributed by atoms with Gasteiger partial charge in [-0.25, -0.2) is 36.5 Å². The Labute approximate surface area is 239 Å². The molecule has 43 heavy (non-hydrogen) atoms. The SMILES string of the molecule is Cc1ccnc(C(C)C)c1-n1c(=O)nc(CS(=O)(=O)n2cnc(C(F)(F)F)n2)c2cc(F)c(-c3c(O)cccc3F)nc21. The number of rotatable bonds is 6. The lowest BCUT2D eigenvalue weighted by Gasteiger charge is -2.19. The second-order valence-electron chi connectivity index (χ2n) is 9.71. The molecule has 0 bridgehead atoms. The van der Waals surface area contributed by atoms with Crippen molar-refractivity contribution >= 4 is 21.1 Å². The minimum atomic E-state index is -5.04. The smallest absolute Gasteiger partial charge is 0.453 e. The van der Waals surface area contributed by atoms with Crippen LogP contribution < -0.4 is 5.69 Å². The number of hydrogen-bond acceptors (Lipinski definition) is 9. The van der Waals surface area contributed by atoms with E-state index in [4.69, 9.17) is 0 Å². The van der Waals surface area contributed by atoms with Crippen LogP contribution in [0.5, 0.6) is 5.75 Å². The molecule has 4 aromatic heterocycles. The summed E-state index contributed by atoms with van der Waals surface area (Å²) in [5.41, 5.74) is -2.27. The van der Waals surface area contributed by atoms with Crippen molar-refractivity contribution in [1.29, 1.82) is 0 Å². The number of aryl methyl sites for hydroxylation is 1. The van der Waals surface area contributed by atoms with E-state index in [1.54, 1.807) is 26.8 Å². The van der Waals surface area contributed by atoms with Crippen LogP contribution in [0.2, 0.25) is 0 Å². The van der Waals surface area contributed by atoms with Gasteiger partial charge in [0.1, 0.15) is 29.3 Å². The number of aromatic hydroxyl groups is 1. The van der Waals surface area contributed by atoms with Crippen molar-refractivity contribution in [1.82, 2.24) is 33.7 Å². The predicted octanol–water partition coefficient (Wildman–Crippen LogP) is 4.25. The largest absolute Gasteiger partial charge is 0.507 e. The predicted molar refractivity (Wildman–Crippen MR) is 142 cm³/mol. The highest BCUT2D eigenvalue weighted by molar-refractivity contribution is 7.89. The molecule has 4 heterocycles. The van der Waals surface area contributed by atoms with Crippen LogP contribution in [-0.4, -0.2) is 47.2 Å². The third kappa shape index (κ3) is 5.31. The van der Waals surface area contributed by atoms with Gasteiger partial charge in [0, 0.05) is 11.6 Å². The van der Waals surface area contributed by atoms with E-state index >= 15 is 4.39 Å². The van der Waals surface area contributed by atoms with Crippen molar-refractivity contribution in [3.8, 4) is 22.7 Å². The van der Waals surface area contributed by atoms with Gasteiger partial charge >= 0.3 is 11.9 Å². The Kier molecular flexibility index (Phi) is 7.24. The fourth-order valence-electron chi connectivity index (χ4n) is 4.45. The highest BCUT2D eigenvalue weighted by Gasteiger charge is 2.37. The molecule has 0 unspecified atom stereocenters. The van der Waals surface area contributed by atoms with Gasteiger partial charge < -0.3 is 5.11 Å². The number of alkyl halides is 3. The first-order valence-corrected chi connectivity index (χ1v) is 14.0. The Morgan fingerprint density at radius 3 is 2.40 bits per heavy atom. The zero-order chi connectivity index (χ0) is 31.4. The molecule has 0 radical (unpaired) electrons. The molecule has 0 spiro atoms. The number of phenolic OH excluding ortho intramolecular Hbond substituents is 1. The monoisotopic (exact) mass is 621 g/mol. The molecule has 11 nitrogen and oxygen atoms in total. The van der Waals surface area contributed by atoms with E-state index in [0.29, 0.717) is 17.6 Å². The Morgan fingerprint density at radius 1 is 1.05 bits per heavy atom. The Balaban J connectivity index is 1.83. The highest BCUT2D eigenvalue weighted by atomic mass is 32.2. The van der Waals surface area contributed by atoms with Crippen LogP contribution in [0.3, 0.4) is 0 Å². The molecule has 0 amide bonds. The summed E-state index contributed by atoms with van der Waals surface area (Å²) in [5, 5.41) is 12.9. The van der Waals surface area contributed by atoms with E-state index in [9.17, 15) is 35.9 Å². The summed E-state index contributed by atoms with van der Waals surface area (Å²) in [4.78, 5) is 28.9. The minimum absolute atomic E-state index is 0.0352. The minimum Gasteiger partial charge on any atom is -0.507 e. The fraction of sp³-hybridized carbons (Fsp3) is 0.231. The summed E-state index contributed by atoms with van der Waals surface area (Å²) in [7, 11) is -4.79. The molecule has 0 fully saturated rings. The third-order valence-corrected chi connectivity index (χ3v) is 7.77. The topological polar surface area (TPSA) is 146 Å². The molecule has 5 rings (SSSR count). The maximum Gasteiger partial charge on any atom is 0.453 e. The number of benzene rings is 1. The van der Waals surface area contributed by atoms with E-state index in [-0.39, 0.29) is 26.7 Å². The number of pyridine rings is 2. The quantitative estimate of drug-likeness (QED) is 0.275. The molecule has 0 saturated carbocycles. The summed E-state index contributed by atoms with van der Waals surface area (Å²) < 4.78 is 96.4. The zero-order valence-electron chi connectivity index (χ0n) is 22.4. The fourth-order valence-corrected chi connectivity index (χ4v) is 5.54. The van der Waals surface area contributed by atoms with E-state index in [2.05, 4.69) is 25.0 Å². The average molecular weight is 622 g/mol. The Bertz CT molecular complexity index is 2060. The highest BCUT2D eigenvalue weighted by Crippen LogP contribution is 2.35. The van der Waals surface area contributed by atoms with Crippen LogP contribution in [0.25, 0.3) is 28.0 Å². The zero-order valence-corrected chi connectivity index (χ0v) is 23.2. The number of fused-ring (bicyclic) bond motifs is 1. The van der Waals surface area contributed by atoms with E-state index < -0.39 is 67.8 Å². The molecule has 224 valence electrons. The summed E-state index contributed by atoms with van der Waals surface area (Å²) in [5.74, 6) is -6.12. The van der Waals surface area contributed by atoms with Gasteiger partial charge in [-0.2, -0.15) is 18.2 Å². The van der Waals surface area contributed by atoms with Crippen molar-refractivity contribution < 1.29 is 35.5 Å². The number of aromatic nitrogens is 7. The van der Waals surface area contributed by atoms with E-state index in [0.717, 1.165) is 22.8 Å². The van der Waals surface area contributed by atoms with Gasteiger partial charge in [0.2, 0.25) is 0 Å². The molecular weight excluding hydrogens is 601 g/mol. The molecule has 17 heteroatoms. The standard InChI is InChI=1S/C26H20F5N7O4S/c1-12(2)20-22(13(3)7-8-32-20)38-23-14(9-16(28)21(35-23)19-15(27)5-4-6-18(19)39)17(34-25(38)40)10-43(41,42)37-11-33-24(36-37)26(29,30)31/h4-9,11-12,39H,10H2,1-3H3. The molecule has 1 N–H and O–H groups in total. The molecule has 5 aromatic rings. The van der Waals surface area contributed by atoms with Crippen LogP contribution in [0.4, 0.5) is 22.0 Å². The van der Waals surface area contributed by atoms with Gasteiger partial charge in [-0.15, -0.1) is 9.19 Å². The lowest BCUT2D eigenvalue weighted by molar-refractivity contribution is -0.144. The number of nitrogens with zero attached hydrogens (tertiary/aromatic N) is 7. The summed E-state index contributed by atoms with van der Waals surface area (Å²) >= 11 is 0. The third-order valence-electron chi connectivity index (χ3n) is 6.38. The Morgan fingerprint density at radius 2 is 1.77 bits per heavy atom. The maximum absolute atomic E-state index is 15.6. The molecule has 0 atom stereocenters. The van der Waals surface area contributed by atoms with Gasteiger partial charge in [0.25, 0.3) is 15.8 Å². The van der Waals surface area contributed by atoms with Gasteiger partial charge in [-0.3, -0.25) is 4.98 Å². The molecule has 0 aliphatic carbocycles. The van der Waals surface area contributed by atoms with Gasteiger partial charge in [0.05, 0.1) is 22.6 Å². The maximum atomic E-state index is 15.6. The molecule has 0 aliphatic heterocycles. The van der Waals surface area contributed by atoms with Gasteiger partial charge in [-0.1, -0.05) is 19.9 Å². The van der Waals surface area contributed by atoms with Crippen molar-refractivity contribution in [2.24, 2.45) is 0 Å². The van der Waals surface area contributed by atoms with Crippen molar-refractivity contribution in [3.63, 3.8) is 0 Å². The lowest BCUT2D eigenvalue weighted by atomic mass is 10.0. The van der Waals surface area contributed by atoms with Crippen molar-refractivity contribution in [3.05, 3.63) is 87.8 Å². The number of hydrogen-bond donors (Lipinski definition) is 1. The van der Waals surface area contributed by atoms with Crippen LogP contribution in [0, 0.1) is 18.6 Å².